The zero-order valence-electron chi connectivity index (χ0n) is 15.2. The molecule has 0 bridgehead atoms. The van der Waals surface area contributed by atoms with Crippen LogP contribution in [-0.2, 0) is 11.3 Å². The van der Waals surface area contributed by atoms with E-state index in [1.807, 2.05) is 24.3 Å². The van der Waals surface area contributed by atoms with Gasteiger partial charge in [-0.25, -0.2) is 4.39 Å². The Bertz CT molecular complexity index is 794. The van der Waals surface area contributed by atoms with Crippen LogP contribution < -0.4 is 5.32 Å². The summed E-state index contributed by atoms with van der Waals surface area (Å²) >= 11 is 0. The minimum Gasteiger partial charge on any atom is -0.353 e. The minimum absolute atomic E-state index is 0.0531. The summed E-state index contributed by atoms with van der Waals surface area (Å²) in [6.07, 6.45) is 7.83. The van der Waals surface area contributed by atoms with Crippen molar-refractivity contribution in [3.8, 4) is 0 Å². The van der Waals surface area contributed by atoms with Crippen LogP contribution in [0.5, 0.6) is 0 Å². The van der Waals surface area contributed by atoms with Crippen LogP contribution in [0.4, 0.5) is 4.39 Å². The lowest BCUT2D eigenvalue weighted by molar-refractivity contribution is -0.116. The maximum absolute atomic E-state index is 13.0. The summed E-state index contributed by atoms with van der Waals surface area (Å²) in [5, 5.41) is 2.97. The molecule has 1 saturated heterocycles. The van der Waals surface area contributed by atoms with Crippen molar-refractivity contribution in [2.75, 3.05) is 19.6 Å². The Hall–Kier alpha value is -2.53. The quantitative estimate of drug-likeness (QED) is 0.767. The number of hydrogen-bond acceptors (Lipinski definition) is 3. The third-order valence-electron chi connectivity index (χ3n) is 5.65. The van der Waals surface area contributed by atoms with Gasteiger partial charge >= 0.3 is 0 Å². The largest absolute Gasteiger partial charge is 0.353 e. The Labute approximate surface area is 159 Å². The molecule has 1 aliphatic heterocycles. The molecular formula is C22H24FN3O. The van der Waals surface area contributed by atoms with E-state index in [1.54, 1.807) is 24.5 Å². The van der Waals surface area contributed by atoms with Gasteiger partial charge in [0.1, 0.15) is 5.82 Å². The highest BCUT2D eigenvalue weighted by Crippen LogP contribution is 2.53. The summed E-state index contributed by atoms with van der Waals surface area (Å²) in [4.78, 5) is 18.4. The van der Waals surface area contributed by atoms with Gasteiger partial charge in [-0.2, -0.15) is 0 Å². The SMILES string of the molecule is O=C(/C=C/c1cccnc1)NCC[C@@H]1[C@H]2CN(Cc3ccc(F)cc3)C[C@@H]12. The van der Waals surface area contributed by atoms with Crippen molar-refractivity contribution in [2.45, 2.75) is 13.0 Å². The summed E-state index contributed by atoms with van der Waals surface area (Å²) in [5.74, 6) is 2.02. The smallest absolute Gasteiger partial charge is 0.244 e. The first-order valence-electron chi connectivity index (χ1n) is 9.52. The number of aromatic nitrogens is 1. The molecule has 2 aromatic rings. The van der Waals surface area contributed by atoms with Crippen molar-refractivity contribution in [1.29, 1.82) is 0 Å². The standard InChI is InChI=1S/C22H24FN3O/c23-18-6-3-17(4-7-18)13-26-14-20-19(21(20)15-26)9-11-25-22(27)8-5-16-2-1-10-24-12-16/h1-8,10,12,19-21H,9,11,13-15H2,(H,25,27)/b8-5+/t19-,20-,21+. The number of amides is 1. The van der Waals surface area contributed by atoms with E-state index in [9.17, 15) is 9.18 Å². The predicted molar refractivity (Wildman–Crippen MR) is 103 cm³/mol. The molecule has 27 heavy (non-hydrogen) atoms. The third kappa shape index (κ3) is 4.61. The number of rotatable bonds is 7. The molecule has 4 rings (SSSR count). The van der Waals surface area contributed by atoms with E-state index in [-0.39, 0.29) is 11.7 Å². The van der Waals surface area contributed by atoms with Gasteiger partial charge in [0.15, 0.2) is 0 Å². The summed E-state index contributed by atoms with van der Waals surface area (Å²) < 4.78 is 13.0. The molecule has 1 aromatic heterocycles. The molecule has 1 amide bonds. The topological polar surface area (TPSA) is 45.2 Å². The van der Waals surface area contributed by atoms with E-state index in [4.69, 9.17) is 0 Å². The molecule has 2 heterocycles. The second-order valence-corrected chi connectivity index (χ2v) is 7.51. The number of nitrogens with zero attached hydrogens (tertiary/aromatic N) is 2. The number of carbonyl (C=O) groups excluding carboxylic acids is 1. The molecule has 3 atom stereocenters. The van der Waals surface area contributed by atoms with Crippen LogP contribution in [0.2, 0.25) is 0 Å². The summed E-state index contributed by atoms with van der Waals surface area (Å²) in [5.41, 5.74) is 2.09. The molecule has 1 N–H and O–H groups in total. The minimum atomic E-state index is -0.180. The number of piperidine rings is 1. The van der Waals surface area contributed by atoms with E-state index in [1.165, 1.54) is 17.7 Å². The Morgan fingerprint density at radius 2 is 2.00 bits per heavy atom. The number of nitrogens with one attached hydrogen (secondary N) is 1. The second kappa shape index (κ2) is 8.01. The lowest BCUT2D eigenvalue weighted by Crippen LogP contribution is -2.26. The van der Waals surface area contributed by atoms with E-state index < -0.39 is 0 Å². The van der Waals surface area contributed by atoms with Crippen LogP contribution in [0.3, 0.4) is 0 Å². The van der Waals surface area contributed by atoms with Crippen molar-refractivity contribution in [2.24, 2.45) is 17.8 Å². The molecule has 2 aliphatic rings. The fourth-order valence-electron chi connectivity index (χ4n) is 4.21. The monoisotopic (exact) mass is 365 g/mol. The van der Waals surface area contributed by atoms with Crippen molar-refractivity contribution in [1.82, 2.24) is 15.2 Å². The van der Waals surface area contributed by atoms with Gasteiger partial charge in [-0.15, -0.1) is 0 Å². The van der Waals surface area contributed by atoms with Crippen LogP contribution in [0.1, 0.15) is 17.5 Å². The van der Waals surface area contributed by atoms with Crippen LogP contribution in [0, 0.1) is 23.6 Å². The highest BCUT2D eigenvalue weighted by atomic mass is 19.1. The van der Waals surface area contributed by atoms with Crippen molar-refractivity contribution in [3.05, 3.63) is 71.8 Å². The van der Waals surface area contributed by atoms with Gasteiger partial charge < -0.3 is 5.32 Å². The maximum Gasteiger partial charge on any atom is 0.244 e. The van der Waals surface area contributed by atoms with Crippen molar-refractivity contribution < 1.29 is 9.18 Å². The Morgan fingerprint density at radius 3 is 2.70 bits per heavy atom. The first kappa shape index (κ1) is 17.9. The number of halogens is 1. The lowest BCUT2D eigenvalue weighted by atomic mass is 10.1. The van der Waals surface area contributed by atoms with Crippen molar-refractivity contribution >= 4 is 12.0 Å². The molecule has 0 unspecified atom stereocenters. The molecular weight excluding hydrogens is 341 g/mol. The molecule has 1 aliphatic carbocycles. The number of likely N-dealkylation sites (tertiary alicyclic amines) is 1. The van der Waals surface area contributed by atoms with Gasteiger partial charge in [-0.1, -0.05) is 18.2 Å². The number of pyridine rings is 1. The molecule has 0 spiro atoms. The number of benzene rings is 1. The van der Waals surface area contributed by atoms with E-state index in [0.717, 1.165) is 55.9 Å². The van der Waals surface area contributed by atoms with Crippen LogP contribution in [0.25, 0.3) is 6.08 Å². The molecule has 140 valence electrons. The molecule has 0 radical (unpaired) electrons. The molecule has 2 fully saturated rings. The van der Waals surface area contributed by atoms with Gasteiger partial charge in [0.05, 0.1) is 0 Å². The summed E-state index contributed by atoms with van der Waals surface area (Å²) in [6.45, 7) is 3.85. The summed E-state index contributed by atoms with van der Waals surface area (Å²) in [7, 11) is 0. The van der Waals surface area contributed by atoms with Gasteiger partial charge in [0.25, 0.3) is 0 Å². The average molecular weight is 365 g/mol. The van der Waals surface area contributed by atoms with Gasteiger partial charge in [-0.3, -0.25) is 14.7 Å². The summed E-state index contributed by atoms with van der Waals surface area (Å²) in [6, 6.07) is 10.6. The van der Waals surface area contributed by atoms with Gasteiger partial charge in [0, 0.05) is 44.6 Å². The molecule has 5 heteroatoms. The second-order valence-electron chi connectivity index (χ2n) is 7.51. The normalized spacial score (nSPS) is 24.1. The zero-order valence-corrected chi connectivity index (χ0v) is 15.2. The number of fused-ring (bicyclic) bond motifs is 1. The van der Waals surface area contributed by atoms with Gasteiger partial charge in [0.2, 0.25) is 5.91 Å². The van der Waals surface area contributed by atoms with E-state index in [2.05, 4.69) is 15.2 Å². The first-order valence-corrected chi connectivity index (χ1v) is 9.52. The highest BCUT2D eigenvalue weighted by molar-refractivity contribution is 5.91. The fraction of sp³-hybridized carbons (Fsp3) is 0.364. The first-order chi connectivity index (χ1) is 13.2. The molecule has 1 aromatic carbocycles. The molecule has 4 nitrogen and oxygen atoms in total. The third-order valence-corrected chi connectivity index (χ3v) is 5.65. The number of carbonyl (C=O) groups is 1. The Kier molecular flexibility index (Phi) is 5.30. The van der Waals surface area contributed by atoms with E-state index >= 15 is 0 Å². The van der Waals surface area contributed by atoms with Crippen molar-refractivity contribution in [3.63, 3.8) is 0 Å². The zero-order chi connectivity index (χ0) is 18.6. The Balaban J connectivity index is 1.14. The fourth-order valence-corrected chi connectivity index (χ4v) is 4.21. The van der Waals surface area contributed by atoms with Crippen LogP contribution in [0.15, 0.2) is 54.9 Å². The van der Waals surface area contributed by atoms with Gasteiger partial charge in [-0.05, 0) is 59.6 Å². The van der Waals surface area contributed by atoms with Crippen LogP contribution >= 0.6 is 0 Å². The lowest BCUT2D eigenvalue weighted by Gasteiger charge is -2.19. The number of hydrogen-bond donors (Lipinski definition) is 1. The average Bonchev–Trinajstić information content (AvgIpc) is 3.13. The maximum atomic E-state index is 13.0. The van der Waals surface area contributed by atoms with Crippen LogP contribution in [-0.4, -0.2) is 35.4 Å². The predicted octanol–water partition coefficient (Wildman–Crippen LogP) is 3.12. The Morgan fingerprint density at radius 1 is 1.22 bits per heavy atom. The highest BCUT2D eigenvalue weighted by Gasteiger charge is 2.54. The van der Waals surface area contributed by atoms with E-state index in [0.29, 0.717) is 0 Å². The molecule has 1 saturated carbocycles.